The minimum absolute atomic E-state index is 0.0132. The van der Waals surface area contributed by atoms with Crippen LogP contribution >= 0.6 is 0 Å². The van der Waals surface area contributed by atoms with Crippen molar-refractivity contribution in [3.8, 4) is 5.75 Å². The van der Waals surface area contributed by atoms with E-state index < -0.39 is 12.5 Å². The van der Waals surface area contributed by atoms with Crippen LogP contribution in [0.4, 0.5) is 14.6 Å². The second kappa shape index (κ2) is 8.06. The van der Waals surface area contributed by atoms with E-state index in [0.29, 0.717) is 26.2 Å². The summed E-state index contributed by atoms with van der Waals surface area (Å²) < 4.78 is 32.5. The van der Waals surface area contributed by atoms with E-state index in [1.165, 1.54) is 0 Å². The zero-order chi connectivity index (χ0) is 22.5. The number of benzene rings is 1. The molecule has 0 spiro atoms. The van der Waals surface area contributed by atoms with E-state index >= 15 is 0 Å². The first-order chi connectivity index (χ1) is 15.3. The standard InChI is InChI=1S/C24H29F2N5O/c1-15-13-30(8-9-31(15)16(2)23(25)26)21-11-20(28-14-29-21)22-19-10-18(32-24(3)6-7-24)5-4-17(19)12-27-22/h4-5,10-11,14-16,23H,6-9,12-13H2,1-3H3/t15-,16?/m1/s1. The lowest BCUT2D eigenvalue weighted by atomic mass is 10.0. The monoisotopic (exact) mass is 441 g/mol. The molecule has 1 aromatic heterocycles. The van der Waals surface area contributed by atoms with Gasteiger partial charge in [-0.25, -0.2) is 18.7 Å². The molecule has 5 rings (SSSR count). The summed E-state index contributed by atoms with van der Waals surface area (Å²) in [5.41, 5.74) is 3.82. The van der Waals surface area contributed by atoms with Gasteiger partial charge in [0.1, 0.15) is 23.5 Å². The lowest BCUT2D eigenvalue weighted by Gasteiger charge is -2.43. The number of piperazine rings is 1. The fraction of sp³-hybridized carbons (Fsp3) is 0.542. The maximum absolute atomic E-state index is 13.2. The molecule has 0 radical (unpaired) electrons. The number of hydrogen-bond donors (Lipinski definition) is 0. The number of aromatic nitrogens is 2. The zero-order valence-electron chi connectivity index (χ0n) is 18.8. The summed E-state index contributed by atoms with van der Waals surface area (Å²) >= 11 is 0. The Morgan fingerprint density at radius 1 is 1.16 bits per heavy atom. The van der Waals surface area contributed by atoms with Crippen LogP contribution in [0.1, 0.15) is 50.4 Å². The smallest absolute Gasteiger partial charge is 0.253 e. The summed E-state index contributed by atoms with van der Waals surface area (Å²) in [6.07, 6.45) is 1.39. The van der Waals surface area contributed by atoms with Crippen LogP contribution in [0.15, 0.2) is 35.6 Å². The van der Waals surface area contributed by atoms with Gasteiger partial charge in [-0.05, 0) is 51.3 Å². The van der Waals surface area contributed by atoms with Crippen LogP contribution in [0.5, 0.6) is 5.75 Å². The first-order valence-electron chi connectivity index (χ1n) is 11.3. The molecule has 0 N–H and O–H groups in total. The van der Waals surface area contributed by atoms with E-state index in [2.05, 4.69) is 33.9 Å². The number of alkyl halides is 2. The van der Waals surface area contributed by atoms with Crippen molar-refractivity contribution < 1.29 is 13.5 Å². The maximum Gasteiger partial charge on any atom is 0.253 e. The summed E-state index contributed by atoms with van der Waals surface area (Å²) in [5.74, 6) is 1.67. The molecule has 1 saturated heterocycles. The fourth-order valence-electron chi connectivity index (χ4n) is 4.59. The molecule has 8 heteroatoms. The Balaban J connectivity index is 1.34. The molecule has 1 aliphatic carbocycles. The van der Waals surface area contributed by atoms with Gasteiger partial charge in [0.25, 0.3) is 6.43 Å². The highest BCUT2D eigenvalue weighted by Gasteiger charge is 2.40. The molecule has 170 valence electrons. The average molecular weight is 442 g/mol. The lowest BCUT2D eigenvalue weighted by molar-refractivity contribution is 0.0112. The van der Waals surface area contributed by atoms with Gasteiger partial charge in [0.15, 0.2) is 0 Å². The molecule has 1 aromatic carbocycles. The normalized spacial score (nSPS) is 23.1. The van der Waals surface area contributed by atoms with Crippen molar-refractivity contribution in [1.29, 1.82) is 0 Å². The van der Waals surface area contributed by atoms with Gasteiger partial charge in [-0.15, -0.1) is 0 Å². The van der Waals surface area contributed by atoms with E-state index in [0.717, 1.165) is 46.9 Å². The summed E-state index contributed by atoms with van der Waals surface area (Å²) in [4.78, 5) is 17.7. The van der Waals surface area contributed by atoms with Crippen LogP contribution in [-0.4, -0.2) is 64.3 Å². The van der Waals surface area contributed by atoms with Crippen LogP contribution in [0, 0.1) is 0 Å². The van der Waals surface area contributed by atoms with E-state index in [1.807, 2.05) is 24.0 Å². The molecular weight excluding hydrogens is 412 g/mol. The third kappa shape index (κ3) is 4.08. The largest absolute Gasteiger partial charge is 0.488 e. The summed E-state index contributed by atoms with van der Waals surface area (Å²) in [6, 6.07) is 7.40. The van der Waals surface area contributed by atoms with Crippen LogP contribution in [0.3, 0.4) is 0 Å². The van der Waals surface area contributed by atoms with Crippen molar-refractivity contribution in [2.45, 2.75) is 64.3 Å². The van der Waals surface area contributed by atoms with Gasteiger partial charge in [0, 0.05) is 37.3 Å². The molecule has 3 aliphatic rings. The van der Waals surface area contributed by atoms with Gasteiger partial charge >= 0.3 is 0 Å². The number of nitrogens with zero attached hydrogens (tertiary/aromatic N) is 5. The third-order valence-electron chi connectivity index (χ3n) is 6.85. The highest BCUT2D eigenvalue weighted by Crippen LogP contribution is 2.40. The molecule has 2 aromatic rings. The van der Waals surface area contributed by atoms with Gasteiger partial charge in [-0.1, -0.05) is 6.07 Å². The molecule has 6 nitrogen and oxygen atoms in total. The van der Waals surface area contributed by atoms with E-state index in [-0.39, 0.29) is 11.6 Å². The Morgan fingerprint density at radius 2 is 1.97 bits per heavy atom. The fourth-order valence-corrected chi connectivity index (χ4v) is 4.59. The van der Waals surface area contributed by atoms with Crippen molar-refractivity contribution in [2.75, 3.05) is 24.5 Å². The second-order valence-electron chi connectivity index (χ2n) is 9.41. The molecular formula is C24H29F2N5O. The second-order valence-corrected chi connectivity index (χ2v) is 9.41. The van der Waals surface area contributed by atoms with Crippen molar-refractivity contribution in [1.82, 2.24) is 14.9 Å². The molecule has 2 atom stereocenters. The number of ether oxygens (including phenoxy) is 1. The Bertz CT molecular complexity index is 1040. The van der Waals surface area contributed by atoms with Crippen LogP contribution < -0.4 is 9.64 Å². The molecule has 32 heavy (non-hydrogen) atoms. The van der Waals surface area contributed by atoms with Gasteiger partial charge in [0.2, 0.25) is 0 Å². The summed E-state index contributed by atoms with van der Waals surface area (Å²) in [7, 11) is 0. The summed E-state index contributed by atoms with van der Waals surface area (Å²) in [5, 5.41) is 0. The zero-order valence-corrected chi connectivity index (χ0v) is 18.8. The Labute approximate surface area is 187 Å². The van der Waals surface area contributed by atoms with Crippen LogP contribution in [0.2, 0.25) is 0 Å². The van der Waals surface area contributed by atoms with Crippen LogP contribution in [0.25, 0.3) is 0 Å². The number of anilines is 1. The maximum atomic E-state index is 13.2. The van der Waals surface area contributed by atoms with Crippen LogP contribution in [-0.2, 0) is 6.54 Å². The Morgan fingerprint density at radius 3 is 2.69 bits per heavy atom. The number of aliphatic imine (C=N–C) groups is 1. The lowest BCUT2D eigenvalue weighted by Crippen LogP contribution is -2.56. The van der Waals surface area contributed by atoms with Crippen molar-refractivity contribution >= 4 is 11.5 Å². The predicted molar refractivity (Wildman–Crippen MR) is 120 cm³/mol. The third-order valence-corrected chi connectivity index (χ3v) is 6.85. The van der Waals surface area contributed by atoms with Crippen molar-refractivity contribution in [2.24, 2.45) is 4.99 Å². The van der Waals surface area contributed by atoms with E-state index in [9.17, 15) is 8.78 Å². The average Bonchev–Trinajstić information content (AvgIpc) is 3.35. The number of halogens is 2. The SMILES string of the molecule is CC(C(F)F)N1CCN(c2cc(C3=NCc4ccc(OC5(C)CC5)cc43)ncn2)C[C@H]1C. The van der Waals surface area contributed by atoms with Crippen molar-refractivity contribution in [3.05, 3.63) is 47.4 Å². The quantitative estimate of drug-likeness (QED) is 0.680. The number of rotatable bonds is 6. The first-order valence-corrected chi connectivity index (χ1v) is 11.3. The molecule has 2 aliphatic heterocycles. The molecule has 0 amide bonds. The van der Waals surface area contributed by atoms with Crippen molar-refractivity contribution in [3.63, 3.8) is 0 Å². The minimum Gasteiger partial charge on any atom is -0.488 e. The molecule has 1 unspecified atom stereocenters. The first kappa shape index (κ1) is 21.2. The van der Waals surface area contributed by atoms with Gasteiger partial charge in [-0.3, -0.25) is 9.89 Å². The summed E-state index contributed by atoms with van der Waals surface area (Å²) in [6.45, 7) is 8.22. The van der Waals surface area contributed by atoms with E-state index in [1.54, 1.807) is 13.3 Å². The van der Waals surface area contributed by atoms with Gasteiger partial charge < -0.3 is 9.64 Å². The highest BCUT2D eigenvalue weighted by molar-refractivity contribution is 6.14. The minimum atomic E-state index is -2.34. The molecule has 1 saturated carbocycles. The van der Waals surface area contributed by atoms with E-state index in [4.69, 9.17) is 9.73 Å². The highest BCUT2D eigenvalue weighted by atomic mass is 19.3. The van der Waals surface area contributed by atoms with Gasteiger partial charge in [0.05, 0.1) is 24.0 Å². The number of fused-ring (bicyclic) bond motifs is 1. The van der Waals surface area contributed by atoms with Gasteiger partial charge in [-0.2, -0.15) is 0 Å². The molecule has 2 fully saturated rings. The Hall–Kier alpha value is -2.61. The Kier molecular flexibility index (Phi) is 5.35. The predicted octanol–water partition coefficient (Wildman–Crippen LogP) is 3.92. The topological polar surface area (TPSA) is 53.9 Å². The number of hydrogen-bond acceptors (Lipinski definition) is 6. The molecule has 3 heterocycles. The molecule has 0 bridgehead atoms.